The van der Waals surface area contributed by atoms with E-state index < -0.39 is 0 Å². The molecule has 1 saturated heterocycles. The van der Waals surface area contributed by atoms with Crippen molar-refractivity contribution in [1.82, 2.24) is 10.2 Å². The van der Waals surface area contributed by atoms with Gasteiger partial charge in [-0.2, -0.15) is 0 Å². The lowest BCUT2D eigenvalue weighted by atomic mass is 10.2. The van der Waals surface area contributed by atoms with Crippen LogP contribution in [0.1, 0.15) is 44.9 Å². The molecule has 1 aliphatic heterocycles. The molecule has 1 aromatic heterocycles. The summed E-state index contributed by atoms with van der Waals surface area (Å²) in [5.74, 6) is 0.886. The van der Waals surface area contributed by atoms with Gasteiger partial charge in [0.05, 0.1) is 12.3 Å². The van der Waals surface area contributed by atoms with Crippen LogP contribution in [0.3, 0.4) is 0 Å². The molecular weight excluding hydrogens is 268 g/mol. The Morgan fingerprint density at radius 1 is 1.43 bits per heavy atom. The monoisotopic (exact) mass is 294 g/mol. The predicted molar refractivity (Wildman–Crippen MR) is 81.0 cm³/mol. The molecule has 0 saturated carbocycles. The highest BCUT2D eigenvalue weighted by atomic mass is 16.5. The molecule has 1 aliphatic rings. The highest BCUT2D eigenvalue weighted by Gasteiger charge is 2.27. The van der Waals surface area contributed by atoms with Crippen LogP contribution in [0.4, 0.5) is 0 Å². The van der Waals surface area contributed by atoms with Crippen molar-refractivity contribution in [1.29, 1.82) is 0 Å². The molecule has 0 bridgehead atoms. The number of nitrogens with zero attached hydrogens (tertiary/aromatic N) is 1. The van der Waals surface area contributed by atoms with Crippen LogP contribution in [0, 0.1) is 0 Å². The normalized spacial score (nSPS) is 18.6. The summed E-state index contributed by atoms with van der Waals surface area (Å²) < 4.78 is 11.0. The average Bonchev–Trinajstić information content (AvgIpc) is 3.18. The van der Waals surface area contributed by atoms with E-state index in [1.165, 1.54) is 12.8 Å². The Morgan fingerprint density at radius 3 is 2.76 bits per heavy atom. The van der Waals surface area contributed by atoms with Crippen LogP contribution < -0.4 is 5.32 Å². The van der Waals surface area contributed by atoms with Gasteiger partial charge in [-0.3, -0.25) is 9.69 Å². The number of amides is 1. The Kier molecular flexibility index (Phi) is 6.26. The summed E-state index contributed by atoms with van der Waals surface area (Å²) >= 11 is 0. The van der Waals surface area contributed by atoms with Gasteiger partial charge in [-0.25, -0.2) is 0 Å². The lowest BCUT2D eigenvalue weighted by Gasteiger charge is -2.26. The van der Waals surface area contributed by atoms with Gasteiger partial charge < -0.3 is 14.5 Å². The smallest absolute Gasteiger partial charge is 0.249 e. The molecule has 1 aromatic rings. The van der Waals surface area contributed by atoms with E-state index in [1.807, 2.05) is 26.0 Å². The highest BCUT2D eigenvalue weighted by molar-refractivity contribution is 5.80. The average molecular weight is 294 g/mol. The Balaban J connectivity index is 1.94. The van der Waals surface area contributed by atoms with E-state index in [0.29, 0.717) is 19.6 Å². The van der Waals surface area contributed by atoms with Gasteiger partial charge in [-0.1, -0.05) is 6.92 Å². The number of likely N-dealkylation sites (tertiary alicyclic amines) is 1. The molecule has 2 rings (SSSR count). The Morgan fingerprint density at radius 2 is 2.19 bits per heavy atom. The number of carbonyl (C=O) groups excluding carboxylic acids is 1. The minimum atomic E-state index is -0.356. The SMILES string of the molecule is CCO[C@H](CC)C(=O)NC[C@H](c1ccco1)N1CCCC1. The molecule has 118 valence electrons. The molecule has 0 unspecified atom stereocenters. The standard InChI is InChI=1S/C16H26N2O3/c1-3-14(20-4-2)16(19)17-12-13(15-8-7-11-21-15)18-9-5-6-10-18/h7-8,11,13-14H,3-6,9-10,12H2,1-2H3,(H,17,19)/t13-,14-/m1/s1. The van der Waals surface area contributed by atoms with Crippen LogP contribution >= 0.6 is 0 Å². The van der Waals surface area contributed by atoms with E-state index in [1.54, 1.807) is 6.26 Å². The molecule has 0 aliphatic carbocycles. The molecular formula is C16H26N2O3. The van der Waals surface area contributed by atoms with Gasteiger partial charge in [-0.05, 0) is 51.4 Å². The molecule has 0 radical (unpaired) electrons. The summed E-state index contributed by atoms with van der Waals surface area (Å²) in [5.41, 5.74) is 0. The van der Waals surface area contributed by atoms with E-state index in [2.05, 4.69) is 10.2 Å². The van der Waals surface area contributed by atoms with E-state index >= 15 is 0 Å². The molecule has 1 N–H and O–H groups in total. The topological polar surface area (TPSA) is 54.7 Å². The molecule has 1 fully saturated rings. The van der Waals surface area contributed by atoms with Gasteiger partial charge in [0, 0.05) is 13.2 Å². The number of hydrogen-bond acceptors (Lipinski definition) is 4. The zero-order chi connectivity index (χ0) is 15.1. The molecule has 0 spiro atoms. The highest BCUT2D eigenvalue weighted by Crippen LogP contribution is 2.24. The summed E-state index contributed by atoms with van der Waals surface area (Å²) in [4.78, 5) is 14.5. The predicted octanol–water partition coefficient (Wildman–Crippen LogP) is 2.35. The van der Waals surface area contributed by atoms with Gasteiger partial charge in [0.2, 0.25) is 5.91 Å². The molecule has 2 atom stereocenters. The Bertz CT molecular complexity index is 413. The van der Waals surface area contributed by atoms with Crippen LogP contribution in [-0.2, 0) is 9.53 Å². The first-order chi connectivity index (χ1) is 10.3. The summed E-state index contributed by atoms with van der Waals surface area (Å²) in [6.45, 7) is 7.11. The van der Waals surface area contributed by atoms with Crippen LogP contribution in [-0.4, -0.2) is 43.2 Å². The van der Waals surface area contributed by atoms with Crippen molar-refractivity contribution in [2.24, 2.45) is 0 Å². The quantitative estimate of drug-likeness (QED) is 0.799. The van der Waals surface area contributed by atoms with Crippen molar-refractivity contribution in [2.45, 2.75) is 45.3 Å². The molecule has 21 heavy (non-hydrogen) atoms. The van der Waals surface area contributed by atoms with Crippen molar-refractivity contribution in [3.63, 3.8) is 0 Å². The number of carbonyl (C=O) groups is 1. The fourth-order valence-electron chi connectivity index (χ4n) is 2.83. The second-order valence-electron chi connectivity index (χ2n) is 5.37. The minimum absolute atomic E-state index is 0.0323. The fraction of sp³-hybridized carbons (Fsp3) is 0.688. The second-order valence-corrected chi connectivity index (χ2v) is 5.37. The maximum atomic E-state index is 12.2. The van der Waals surface area contributed by atoms with E-state index in [0.717, 1.165) is 18.8 Å². The van der Waals surface area contributed by atoms with Gasteiger partial charge in [0.1, 0.15) is 11.9 Å². The number of ether oxygens (including phenoxy) is 1. The lowest BCUT2D eigenvalue weighted by Crippen LogP contribution is -2.41. The first-order valence-corrected chi connectivity index (χ1v) is 7.93. The third-order valence-corrected chi connectivity index (χ3v) is 3.95. The van der Waals surface area contributed by atoms with Gasteiger partial charge >= 0.3 is 0 Å². The molecule has 1 amide bonds. The third kappa shape index (κ3) is 4.32. The number of furan rings is 1. The van der Waals surface area contributed by atoms with Crippen molar-refractivity contribution in [2.75, 3.05) is 26.2 Å². The van der Waals surface area contributed by atoms with Gasteiger partial charge in [0.25, 0.3) is 0 Å². The van der Waals surface area contributed by atoms with E-state index in [4.69, 9.17) is 9.15 Å². The zero-order valence-corrected chi connectivity index (χ0v) is 13.0. The second kappa shape index (κ2) is 8.20. The maximum absolute atomic E-state index is 12.2. The summed E-state index contributed by atoms with van der Waals surface area (Å²) in [5, 5.41) is 3.02. The van der Waals surface area contributed by atoms with Crippen LogP contribution in [0.2, 0.25) is 0 Å². The minimum Gasteiger partial charge on any atom is -0.468 e. The molecule has 2 heterocycles. The van der Waals surface area contributed by atoms with Crippen molar-refractivity contribution >= 4 is 5.91 Å². The van der Waals surface area contributed by atoms with Crippen LogP contribution in [0.5, 0.6) is 0 Å². The number of nitrogens with one attached hydrogen (secondary N) is 1. The Hall–Kier alpha value is -1.33. The molecule has 5 heteroatoms. The first-order valence-electron chi connectivity index (χ1n) is 7.93. The van der Waals surface area contributed by atoms with Crippen LogP contribution in [0.25, 0.3) is 0 Å². The first kappa shape index (κ1) is 16.0. The zero-order valence-electron chi connectivity index (χ0n) is 13.0. The van der Waals surface area contributed by atoms with Crippen LogP contribution in [0.15, 0.2) is 22.8 Å². The molecule has 5 nitrogen and oxygen atoms in total. The number of hydrogen-bond donors (Lipinski definition) is 1. The third-order valence-electron chi connectivity index (χ3n) is 3.95. The lowest BCUT2D eigenvalue weighted by molar-refractivity contribution is -0.133. The van der Waals surface area contributed by atoms with Gasteiger partial charge in [0.15, 0.2) is 0 Å². The van der Waals surface area contributed by atoms with Gasteiger partial charge in [-0.15, -0.1) is 0 Å². The largest absolute Gasteiger partial charge is 0.468 e. The van der Waals surface area contributed by atoms with Crippen molar-refractivity contribution < 1.29 is 13.9 Å². The summed E-state index contributed by atoms with van der Waals surface area (Å²) in [7, 11) is 0. The fourth-order valence-corrected chi connectivity index (χ4v) is 2.83. The van der Waals surface area contributed by atoms with Crippen molar-refractivity contribution in [3.8, 4) is 0 Å². The van der Waals surface area contributed by atoms with Crippen molar-refractivity contribution in [3.05, 3.63) is 24.2 Å². The summed E-state index contributed by atoms with van der Waals surface area (Å²) in [6.07, 6.45) is 4.44. The Labute approximate surface area is 126 Å². The molecule has 0 aromatic carbocycles. The van der Waals surface area contributed by atoms with E-state index in [-0.39, 0.29) is 18.1 Å². The summed E-state index contributed by atoms with van der Waals surface area (Å²) in [6, 6.07) is 4.00. The van der Waals surface area contributed by atoms with E-state index in [9.17, 15) is 4.79 Å². The number of rotatable bonds is 8. The maximum Gasteiger partial charge on any atom is 0.249 e.